The summed E-state index contributed by atoms with van der Waals surface area (Å²) >= 11 is 0. The van der Waals surface area contributed by atoms with Crippen molar-refractivity contribution in [2.24, 2.45) is 0 Å². The minimum atomic E-state index is -1.83. The molecule has 3 rings (SSSR count). The fourth-order valence-corrected chi connectivity index (χ4v) is 3.42. The molecule has 4 N–H and O–H groups in total. The number of hydrogen-bond acceptors (Lipinski definition) is 4. The SMILES string of the molecule is Cc1ccc([C@@](C)(O)C(=O)N[C@@H](C)C(=O)Nc2cc(C(C)(C)c3cc(F)cc(F)c3)[nH]n2)cc1. The highest BCUT2D eigenvalue weighted by molar-refractivity contribution is 5.97. The normalized spacial score (nSPS) is 14.2. The van der Waals surface area contributed by atoms with Crippen LogP contribution in [0.4, 0.5) is 14.6 Å². The van der Waals surface area contributed by atoms with E-state index in [0.717, 1.165) is 11.6 Å². The van der Waals surface area contributed by atoms with Crippen molar-refractivity contribution in [3.63, 3.8) is 0 Å². The Labute approximate surface area is 196 Å². The first kappa shape index (κ1) is 25.0. The topological polar surface area (TPSA) is 107 Å². The van der Waals surface area contributed by atoms with E-state index in [9.17, 15) is 23.5 Å². The second-order valence-electron chi connectivity index (χ2n) is 9.07. The van der Waals surface area contributed by atoms with Gasteiger partial charge < -0.3 is 15.7 Å². The lowest BCUT2D eigenvalue weighted by molar-refractivity contribution is -0.141. The van der Waals surface area contributed by atoms with Crippen molar-refractivity contribution in [2.45, 2.75) is 51.7 Å². The lowest BCUT2D eigenvalue weighted by Gasteiger charge is -2.25. The minimum absolute atomic E-state index is 0.177. The molecule has 2 amide bonds. The zero-order chi connectivity index (χ0) is 25.3. The number of aromatic amines is 1. The summed E-state index contributed by atoms with van der Waals surface area (Å²) in [5, 5.41) is 22.6. The molecular formula is C25H28F2N4O3. The molecule has 0 radical (unpaired) electrons. The number of carbonyl (C=O) groups excluding carboxylic acids is 2. The number of halogens is 2. The van der Waals surface area contributed by atoms with E-state index < -0.39 is 40.5 Å². The van der Waals surface area contributed by atoms with Gasteiger partial charge in [0.25, 0.3) is 5.91 Å². The Bertz CT molecular complexity index is 1180. The fourth-order valence-electron chi connectivity index (χ4n) is 3.42. The number of benzene rings is 2. The van der Waals surface area contributed by atoms with Crippen LogP contribution < -0.4 is 10.6 Å². The monoisotopic (exact) mass is 470 g/mol. The zero-order valence-corrected chi connectivity index (χ0v) is 19.7. The van der Waals surface area contributed by atoms with Gasteiger partial charge in [0.05, 0.1) is 0 Å². The van der Waals surface area contributed by atoms with Gasteiger partial charge in [-0.25, -0.2) is 8.78 Å². The van der Waals surface area contributed by atoms with Crippen molar-refractivity contribution < 1.29 is 23.5 Å². The predicted octanol–water partition coefficient (Wildman–Crippen LogP) is 3.67. The van der Waals surface area contributed by atoms with E-state index in [0.29, 0.717) is 16.8 Å². The Balaban J connectivity index is 1.68. The molecule has 34 heavy (non-hydrogen) atoms. The second-order valence-corrected chi connectivity index (χ2v) is 9.07. The zero-order valence-electron chi connectivity index (χ0n) is 19.7. The third kappa shape index (κ3) is 5.31. The molecule has 2 atom stereocenters. The molecule has 1 aromatic heterocycles. The fraction of sp³-hybridized carbons (Fsp3) is 0.320. The molecule has 0 bridgehead atoms. The van der Waals surface area contributed by atoms with E-state index in [-0.39, 0.29) is 5.82 Å². The van der Waals surface area contributed by atoms with Gasteiger partial charge in [-0.05, 0) is 44.0 Å². The lowest BCUT2D eigenvalue weighted by atomic mass is 9.81. The van der Waals surface area contributed by atoms with Crippen LogP contribution in [-0.4, -0.2) is 33.2 Å². The molecule has 180 valence electrons. The number of nitrogens with one attached hydrogen (secondary N) is 3. The van der Waals surface area contributed by atoms with Crippen molar-refractivity contribution in [3.05, 3.63) is 82.5 Å². The molecule has 0 aliphatic rings. The maximum Gasteiger partial charge on any atom is 0.256 e. The number of aliphatic hydroxyl groups is 1. The molecule has 0 aliphatic carbocycles. The van der Waals surface area contributed by atoms with E-state index in [1.807, 2.05) is 6.92 Å². The summed E-state index contributed by atoms with van der Waals surface area (Å²) in [6.07, 6.45) is 0. The summed E-state index contributed by atoms with van der Waals surface area (Å²) in [6.45, 7) is 8.25. The average molecular weight is 471 g/mol. The summed E-state index contributed by atoms with van der Waals surface area (Å²) in [6, 6.07) is 10.7. The molecule has 0 aliphatic heterocycles. The van der Waals surface area contributed by atoms with E-state index in [1.165, 1.54) is 26.0 Å². The Hall–Kier alpha value is -3.59. The van der Waals surface area contributed by atoms with Crippen molar-refractivity contribution >= 4 is 17.6 Å². The Morgan fingerprint density at radius 1 is 1.00 bits per heavy atom. The quantitative estimate of drug-likeness (QED) is 0.423. The summed E-state index contributed by atoms with van der Waals surface area (Å²) in [5.41, 5.74) is -0.359. The van der Waals surface area contributed by atoms with Crippen molar-refractivity contribution in [2.75, 3.05) is 5.32 Å². The third-order valence-corrected chi connectivity index (χ3v) is 5.88. The van der Waals surface area contributed by atoms with Crippen LogP contribution in [0.5, 0.6) is 0 Å². The number of nitrogens with zero attached hydrogens (tertiary/aromatic N) is 1. The molecule has 0 unspecified atom stereocenters. The van der Waals surface area contributed by atoms with Crippen LogP contribution in [-0.2, 0) is 20.6 Å². The smallest absolute Gasteiger partial charge is 0.256 e. The van der Waals surface area contributed by atoms with Crippen LogP contribution in [0.2, 0.25) is 0 Å². The third-order valence-electron chi connectivity index (χ3n) is 5.88. The van der Waals surface area contributed by atoms with Gasteiger partial charge in [0, 0.05) is 23.2 Å². The van der Waals surface area contributed by atoms with Crippen molar-refractivity contribution in [1.29, 1.82) is 0 Å². The molecule has 7 nitrogen and oxygen atoms in total. The van der Waals surface area contributed by atoms with Crippen LogP contribution in [0.3, 0.4) is 0 Å². The summed E-state index contributed by atoms with van der Waals surface area (Å²) < 4.78 is 27.4. The van der Waals surface area contributed by atoms with Crippen LogP contribution >= 0.6 is 0 Å². The summed E-state index contributed by atoms with van der Waals surface area (Å²) in [4.78, 5) is 25.3. The first-order valence-corrected chi connectivity index (χ1v) is 10.7. The maximum atomic E-state index is 13.7. The molecule has 0 saturated carbocycles. The summed E-state index contributed by atoms with van der Waals surface area (Å²) in [7, 11) is 0. The number of carbonyl (C=O) groups is 2. The highest BCUT2D eigenvalue weighted by Crippen LogP contribution is 2.32. The van der Waals surface area contributed by atoms with Gasteiger partial charge in [0.2, 0.25) is 5.91 Å². The maximum absolute atomic E-state index is 13.7. The van der Waals surface area contributed by atoms with Gasteiger partial charge in [0.1, 0.15) is 17.7 Å². The highest BCUT2D eigenvalue weighted by Gasteiger charge is 2.34. The number of H-pyrrole nitrogens is 1. The van der Waals surface area contributed by atoms with Crippen LogP contribution in [0.15, 0.2) is 48.5 Å². The van der Waals surface area contributed by atoms with E-state index >= 15 is 0 Å². The largest absolute Gasteiger partial charge is 0.376 e. The minimum Gasteiger partial charge on any atom is -0.376 e. The molecule has 9 heteroatoms. The van der Waals surface area contributed by atoms with Gasteiger partial charge in [-0.2, -0.15) is 5.10 Å². The molecular weight excluding hydrogens is 442 g/mol. The lowest BCUT2D eigenvalue weighted by Crippen LogP contribution is -2.49. The molecule has 3 aromatic rings. The molecule has 0 spiro atoms. The first-order valence-electron chi connectivity index (χ1n) is 10.7. The number of amides is 2. The first-order chi connectivity index (χ1) is 15.8. The standard InChI is InChI=1S/C25H28F2N4O3/c1-14-6-8-16(9-7-14)25(5,34)23(33)28-15(2)22(32)29-21-13-20(30-31-21)24(3,4)17-10-18(26)12-19(27)11-17/h6-13,15,34H,1-5H3,(H,28,33)(H2,29,30,31,32)/t15-,25+/m0/s1. The Kier molecular flexibility index (Phi) is 6.88. The Morgan fingerprint density at radius 3 is 2.18 bits per heavy atom. The van der Waals surface area contributed by atoms with Crippen LogP contribution in [0.1, 0.15) is 50.1 Å². The Morgan fingerprint density at radius 2 is 1.59 bits per heavy atom. The number of aryl methyl sites for hydroxylation is 1. The number of hydrogen-bond donors (Lipinski definition) is 4. The van der Waals surface area contributed by atoms with E-state index in [2.05, 4.69) is 20.8 Å². The van der Waals surface area contributed by atoms with Gasteiger partial charge in [0.15, 0.2) is 11.4 Å². The number of aromatic nitrogens is 2. The van der Waals surface area contributed by atoms with Crippen molar-refractivity contribution in [3.8, 4) is 0 Å². The molecule has 0 fully saturated rings. The predicted molar refractivity (Wildman–Crippen MR) is 124 cm³/mol. The van der Waals surface area contributed by atoms with Crippen LogP contribution in [0, 0.1) is 18.6 Å². The van der Waals surface area contributed by atoms with E-state index in [4.69, 9.17) is 0 Å². The van der Waals surface area contributed by atoms with Crippen LogP contribution in [0.25, 0.3) is 0 Å². The molecule has 0 saturated heterocycles. The van der Waals surface area contributed by atoms with Gasteiger partial charge in [-0.1, -0.05) is 43.7 Å². The average Bonchev–Trinajstić information content (AvgIpc) is 3.22. The number of rotatable bonds is 7. The van der Waals surface area contributed by atoms with E-state index in [1.54, 1.807) is 44.2 Å². The van der Waals surface area contributed by atoms with Crippen molar-refractivity contribution in [1.82, 2.24) is 15.5 Å². The van der Waals surface area contributed by atoms with Gasteiger partial charge in [-0.3, -0.25) is 14.7 Å². The number of anilines is 1. The van der Waals surface area contributed by atoms with Gasteiger partial charge in [-0.15, -0.1) is 0 Å². The highest BCUT2D eigenvalue weighted by atomic mass is 19.1. The summed E-state index contributed by atoms with van der Waals surface area (Å²) in [5.74, 6) is -2.49. The molecule has 2 aromatic carbocycles. The molecule has 1 heterocycles. The second kappa shape index (κ2) is 9.34. The van der Waals surface area contributed by atoms with Gasteiger partial charge >= 0.3 is 0 Å².